The summed E-state index contributed by atoms with van der Waals surface area (Å²) in [5.41, 5.74) is 0. The largest absolute Gasteiger partial charge is 0.481 e. The maximum atomic E-state index is 11.9. The van der Waals surface area contributed by atoms with Gasteiger partial charge in [0.2, 0.25) is 0 Å². The van der Waals surface area contributed by atoms with Crippen molar-refractivity contribution in [1.82, 2.24) is 9.55 Å². The van der Waals surface area contributed by atoms with E-state index in [1.54, 1.807) is 0 Å². The predicted molar refractivity (Wildman–Crippen MR) is 99.3 cm³/mol. The van der Waals surface area contributed by atoms with Gasteiger partial charge in [-0.2, -0.15) is 0 Å². The van der Waals surface area contributed by atoms with Crippen molar-refractivity contribution in [3.05, 3.63) is 40.1 Å². The van der Waals surface area contributed by atoms with Crippen LogP contribution < -0.4 is 0 Å². The lowest BCUT2D eigenvalue weighted by Gasteiger charge is -2.04. The van der Waals surface area contributed by atoms with E-state index in [-0.39, 0.29) is 18.6 Å². The van der Waals surface area contributed by atoms with Crippen molar-refractivity contribution in [3.63, 3.8) is 0 Å². The molecule has 0 saturated carbocycles. The number of imidazole rings is 1. The highest BCUT2D eigenvalue weighted by atomic mass is 32.1. The van der Waals surface area contributed by atoms with Gasteiger partial charge in [0.05, 0.1) is 11.3 Å². The molecule has 2 heterocycles. The molecule has 0 radical (unpaired) electrons. The Morgan fingerprint density at radius 1 is 1.12 bits per heavy atom. The number of rotatable bonds is 12. The number of unbranched alkanes of at least 4 members (excludes halogenated alkanes) is 4. The van der Waals surface area contributed by atoms with Gasteiger partial charge < -0.3 is 9.67 Å². The van der Waals surface area contributed by atoms with Crippen molar-refractivity contribution in [2.24, 2.45) is 0 Å². The highest BCUT2D eigenvalue weighted by Crippen LogP contribution is 2.21. The molecular weight excluding hydrogens is 336 g/mol. The van der Waals surface area contributed by atoms with E-state index in [0.29, 0.717) is 4.88 Å². The second kappa shape index (κ2) is 10.1. The number of hydrogen-bond acceptors (Lipinski definition) is 4. The van der Waals surface area contributed by atoms with Crippen LogP contribution >= 0.6 is 11.3 Å². The summed E-state index contributed by atoms with van der Waals surface area (Å²) in [5.74, 6) is 0.0909. The summed E-state index contributed by atoms with van der Waals surface area (Å²) < 4.78 is 2.19. The maximum absolute atomic E-state index is 11.9. The summed E-state index contributed by atoms with van der Waals surface area (Å²) >= 11 is 1.51. The number of ketones is 1. The molecule has 25 heavy (non-hydrogen) atoms. The fraction of sp³-hybridized carbons (Fsp3) is 0.526. The van der Waals surface area contributed by atoms with Gasteiger partial charge in [0, 0.05) is 30.2 Å². The third kappa shape index (κ3) is 6.82. The second-order valence-electron chi connectivity index (χ2n) is 6.27. The Bertz CT molecular complexity index is 690. The number of hydrogen-bond donors (Lipinski definition) is 1. The van der Waals surface area contributed by atoms with Gasteiger partial charge in [-0.05, 0) is 38.3 Å². The molecule has 2 rings (SSSR count). The number of aryl methyl sites for hydroxylation is 3. The van der Waals surface area contributed by atoms with Crippen LogP contribution in [0.5, 0.6) is 0 Å². The molecule has 2 aromatic heterocycles. The van der Waals surface area contributed by atoms with Gasteiger partial charge in [-0.25, -0.2) is 4.98 Å². The molecule has 0 saturated heterocycles. The number of Topliss-reactive ketones (excluding diaryl/α,β-unsaturated/α-hetero) is 1. The van der Waals surface area contributed by atoms with Crippen molar-refractivity contribution in [2.45, 2.75) is 64.8 Å². The topological polar surface area (TPSA) is 72.2 Å². The lowest BCUT2D eigenvalue weighted by Crippen LogP contribution is -2.01. The molecule has 0 aliphatic carbocycles. The number of carbonyl (C=O) groups is 2. The first-order valence-electron chi connectivity index (χ1n) is 8.87. The molecule has 0 bridgehead atoms. The summed E-state index contributed by atoms with van der Waals surface area (Å²) in [7, 11) is 0. The van der Waals surface area contributed by atoms with E-state index >= 15 is 0 Å². The molecule has 0 atom stereocenters. The Kier molecular flexibility index (Phi) is 7.85. The van der Waals surface area contributed by atoms with Crippen molar-refractivity contribution < 1.29 is 14.7 Å². The summed E-state index contributed by atoms with van der Waals surface area (Å²) in [4.78, 5) is 28.5. The molecule has 5 nitrogen and oxygen atoms in total. The van der Waals surface area contributed by atoms with Gasteiger partial charge in [-0.1, -0.05) is 19.3 Å². The standard InChI is InChI=1S/C19H26N2O3S/c1-15-20-12-14-21(15)13-6-4-2-3-5-7-16-8-10-18(25-16)17(22)9-11-19(23)24/h8,10,12,14H,2-7,9,11,13H2,1H3,(H,23,24). The number of thiophene rings is 1. The minimum Gasteiger partial charge on any atom is -0.481 e. The van der Waals surface area contributed by atoms with Crippen LogP contribution in [-0.4, -0.2) is 26.4 Å². The molecule has 0 aliphatic heterocycles. The first-order valence-corrected chi connectivity index (χ1v) is 9.69. The minimum atomic E-state index is -0.923. The molecule has 136 valence electrons. The number of carbonyl (C=O) groups excluding carboxylic acids is 1. The predicted octanol–water partition coefficient (Wildman–Crippen LogP) is 4.49. The monoisotopic (exact) mass is 362 g/mol. The molecule has 0 unspecified atom stereocenters. The van der Waals surface area contributed by atoms with Crippen LogP contribution in [0.25, 0.3) is 0 Å². The molecule has 2 aromatic rings. The molecule has 0 fully saturated rings. The Hall–Kier alpha value is -1.95. The quantitative estimate of drug-likeness (QED) is 0.446. The average molecular weight is 362 g/mol. The van der Waals surface area contributed by atoms with Gasteiger partial charge >= 0.3 is 5.97 Å². The number of aromatic nitrogens is 2. The van der Waals surface area contributed by atoms with E-state index in [9.17, 15) is 9.59 Å². The van der Waals surface area contributed by atoms with E-state index < -0.39 is 5.97 Å². The summed E-state index contributed by atoms with van der Waals surface area (Å²) in [5, 5.41) is 8.63. The average Bonchev–Trinajstić information content (AvgIpc) is 3.21. The Morgan fingerprint density at radius 3 is 2.60 bits per heavy atom. The van der Waals surface area contributed by atoms with Crippen LogP contribution in [0, 0.1) is 6.92 Å². The van der Waals surface area contributed by atoms with Crippen molar-refractivity contribution in [2.75, 3.05) is 0 Å². The Balaban J connectivity index is 1.57. The molecule has 0 aromatic carbocycles. The van der Waals surface area contributed by atoms with Gasteiger partial charge in [-0.15, -0.1) is 11.3 Å². The minimum absolute atomic E-state index is 0.0616. The summed E-state index contributed by atoms with van der Waals surface area (Å²) in [6.45, 7) is 3.07. The number of aliphatic carboxylic acids is 1. The lowest BCUT2D eigenvalue weighted by molar-refractivity contribution is -0.136. The van der Waals surface area contributed by atoms with E-state index in [1.807, 2.05) is 31.5 Å². The third-order valence-corrected chi connectivity index (χ3v) is 5.43. The van der Waals surface area contributed by atoms with Gasteiger partial charge in [-0.3, -0.25) is 9.59 Å². The van der Waals surface area contributed by atoms with Gasteiger partial charge in [0.15, 0.2) is 5.78 Å². The fourth-order valence-corrected chi connectivity index (χ4v) is 3.77. The SMILES string of the molecule is Cc1nccn1CCCCCCCc1ccc(C(=O)CCC(=O)O)s1. The number of carboxylic acids is 1. The van der Waals surface area contributed by atoms with E-state index in [1.165, 1.54) is 41.9 Å². The molecule has 6 heteroatoms. The van der Waals surface area contributed by atoms with Crippen LogP contribution in [-0.2, 0) is 17.8 Å². The highest BCUT2D eigenvalue weighted by Gasteiger charge is 2.11. The van der Waals surface area contributed by atoms with Gasteiger partial charge in [0.1, 0.15) is 5.82 Å². The van der Waals surface area contributed by atoms with Crippen LogP contribution in [0.2, 0.25) is 0 Å². The van der Waals surface area contributed by atoms with Crippen molar-refractivity contribution in [1.29, 1.82) is 0 Å². The van der Waals surface area contributed by atoms with Crippen LogP contribution in [0.4, 0.5) is 0 Å². The van der Waals surface area contributed by atoms with Crippen LogP contribution in [0.3, 0.4) is 0 Å². The smallest absolute Gasteiger partial charge is 0.303 e. The van der Waals surface area contributed by atoms with Crippen molar-refractivity contribution in [3.8, 4) is 0 Å². The third-order valence-electron chi connectivity index (χ3n) is 4.25. The summed E-state index contributed by atoms with van der Waals surface area (Å²) in [6, 6.07) is 3.83. The lowest BCUT2D eigenvalue weighted by atomic mass is 10.1. The maximum Gasteiger partial charge on any atom is 0.303 e. The van der Waals surface area contributed by atoms with Crippen molar-refractivity contribution >= 4 is 23.1 Å². The Labute approximate surface area is 152 Å². The number of nitrogens with zero attached hydrogens (tertiary/aromatic N) is 2. The molecule has 1 N–H and O–H groups in total. The zero-order chi connectivity index (χ0) is 18.1. The second-order valence-corrected chi connectivity index (χ2v) is 7.44. The Morgan fingerprint density at radius 2 is 1.88 bits per heavy atom. The van der Waals surface area contributed by atoms with E-state index in [4.69, 9.17) is 5.11 Å². The molecule has 0 spiro atoms. The van der Waals surface area contributed by atoms with E-state index in [2.05, 4.69) is 9.55 Å². The van der Waals surface area contributed by atoms with Gasteiger partial charge in [0.25, 0.3) is 0 Å². The molecule has 0 amide bonds. The number of carboxylic acid groups (broad SMARTS) is 1. The zero-order valence-corrected chi connectivity index (χ0v) is 15.6. The van der Waals surface area contributed by atoms with Crippen LogP contribution in [0.1, 0.15) is 65.3 Å². The normalized spacial score (nSPS) is 10.9. The van der Waals surface area contributed by atoms with Crippen LogP contribution in [0.15, 0.2) is 24.5 Å². The first-order chi connectivity index (χ1) is 12.1. The highest BCUT2D eigenvalue weighted by molar-refractivity contribution is 7.14. The molecular formula is C19H26N2O3S. The summed E-state index contributed by atoms with van der Waals surface area (Å²) in [6.07, 6.45) is 10.8. The zero-order valence-electron chi connectivity index (χ0n) is 14.7. The van der Waals surface area contributed by atoms with E-state index in [0.717, 1.165) is 25.2 Å². The first kappa shape index (κ1) is 19.4. The fourth-order valence-electron chi connectivity index (χ4n) is 2.76. The molecule has 0 aliphatic rings.